The van der Waals surface area contributed by atoms with Crippen LogP contribution < -0.4 is 10.1 Å². The van der Waals surface area contributed by atoms with Crippen LogP contribution in [0.15, 0.2) is 48.5 Å². The van der Waals surface area contributed by atoms with Gasteiger partial charge in [-0.2, -0.15) is 4.68 Å². The van der Waals surface area contributed by atoms with Crippen LogP contribution in [0.4, 0.5) is 4.79 Å². The first-order valence-corrected chi connectivity index (χ1v) is 10.4. The predicted molar refractivity (Wildman–Crippen MR) is 114 cm³/mol. The molecule has 1 amide bonds. The maximum Gasteiger partial charge on any atom is 0.413 e. The number of aryl methyl sites for hydroxylation is 2. The number of benzene rings is 2. The van der Waals surface area contributed by atoms with Crippen molar-refractivity contribution < 1.29 is 9.53 Å². The number of hydrogen-bond acceptors (Lipinski definition) is 5. The fourth-order valence-electron chi connectivity index (χ4n) is 4.25. The van der Waals surface area contributed by atoms with Gasteiger partial charge < -0.3 is 10.1 Å². The van der Waals surface area contributed by atoms with Crippen molar-refractivity contribution in [3.63, 3.8) is 0 Å². The van der Waals surface area contributed by atoms with E-state index in [0.717, 1.165) is 42.5 Å². The highest BCUT2D eigenvalue weighted by molar-refractivity contribution is 5.71. The number of nitrogens with one attached hydrogen (secondary N) is 1. The Bertz CT molecular complexity index is 1000. The number of aromatic nitrogens is 4. The normalized spacial score (nSPS) is 21.2. The van der Waals surface area contributed by atoms with Crippen LogP contribution in [0.1, 0.15) is 49.6 Å². The number of rotatable bonds is 4. The molecular weight excluding hydrogens is 378 g/mol. The van der Waals surface area contributed by atoms with E-state index in [1.54, 1.807) is 16.8 Å². The molecule has 0 saturated heterocycles. The number of tetrazole rings is 1. The van der Waals surface area contributed by atoms with Crippen LogP contribution >= 0.6 is 0 Å². The van der Waals surface area contributed by atoms with Gasteiger partial charge in [-0.1, -0.05) is 43.3 Å². The lowest BCUT2D eigenvalue weighted by Crippen LogP contribution is -2.50. The van der Waals surface area contributed by atoms with E-state index in [1.165, 1.54) is 0 Å². The van der Waals surface area contributed by atoms with Gasteiger partial charge in [0, 0.05) is 0 Å². The molecule has 3 aromatic rings. The highest BCUT2D eigenvalue weighted by Crippen LogP contribution is 2.39. The summed E-state index contributed by atoms with van der Waals surface area (Å²) in [6, 6.07) is 15.2. The highest BCUT2D eigenvalue weighted by atomic mass is 16.6. The van der Waals surface area contributed by atoms with Gasteiger partial charge in [-0.3, -0.25) is 0 Å². The van der Waals surface area contributed by atoms with E-state index in [0.29, 0.717) is 17.5 Å². The van der Waals surface area contributed by atoms with Gasteiger partial charge in [-0.15, -0.1) is 5.10 Å². The minimum Gasteiger partial charge on any atom is -0.410 e. The number of hydrogen-bond donors (Lipinski definition) is 1. The molecule has 0 atom stereocenters. The maximum atomic E-state index is 12.8. The molecule has 7 heteroatoms. The highest BCUT2D eigenvalue weighted by Gasteiger charge is 2.43. The summed E-state index contributed by atoms with van der Waals surface area (Å²) in [5.41, 5.74) is 2.43. The number of ether oxygens (including phenoxy) is 1. The largest absolute Gasteiger partial charge is 0.413 e. The Balaban J connectivity index is 1.70. The second-order valence-electron chi connectivity index (χ2n) is 8.25. The fourth-order valence-corrected chi connectivity index (χ4v) is 4.25. The molecule has 2 aromatic carbocycles. The molecule has 0 spiro atoms. The first-order chi connectivity index (χ1) is 14.5. The van der Waals surface area contributed by atoms with Crippen molar-refractivity contribution >= 4 is 6.09 Å². The summed E-state index contributed by atoms with van der Waals surface area (Å²) in [7, 11) is 0. The third kappa shape index (κ3) is 3.92. The van der Waals surface area contributed by atoms with Crippen molar-refractivity contribution in [3.05, 3.63) is 65.5 Å². The predicted octanol–water partition coefficient (Wildman–Crippen LogP) is 4.47. The Hall–Kier alpha value is -3.22. The molecule has 156 valence electrons. The Kier molecular flexibility index (Phi) is 5.53. The van der Waals surface area contributed by atoms with Gasteiger partial charge in [0.2, 0.25) is 0 Å². The Morgan fingerprint density at radius 2 is 1.73 bits per heavy atom. The van der Waals surface area contributed by atoms with Crippen molar-refractivity contribution in [2.75, 3.05) is 0 Å². The molecule has 1 heterocycles. The average Bonchev–Trinajstić information content (AvgIpc) is 3.21. The van der Waals surface area contributed by atoms with Gasteiger partial charge in [0.25, 0.3) is 0 Å². The van der Waals surface area contributed by atoms with E-state index < -0.39 is 11.6 Å². The molecule has 0 radical (unpaired) electrons. The second kappa shape index (κ2) is 8.26. The smallest absolute Gasteiger partial charge is 0.410 e. The minimum absolute atomic E-state index is 0.494. The van der Waals surface area contributed by atoms with Gasteiger partial charge in [0.15, 0.2) is 5.82 Å². The molecule has 30 heavy (non-hydrogen) atoms. The van der Waals surface area contributed by atoms with Crippen LogP contribution in [0.3, 0.4) is 0 Å². The Morgan fingerprint density at radius 1 is 1.07 bits per heavy atom. The quantitative estimate of drug-likeness (QED) is 0.692. The maximum absolute atomic E-state index is 12.8. The van der Waals surface area contributed by atoms with Gasteiger partial charge in [0.05, 0.1) is 5.69 Å². The second-order valence-corrected chi connectivity index (χ2v) is 8.25. The molecule has 1 N–H and O–H groups in total. The molecule has 1 saturated carbocycles. The number of carbonyl (C=O) groups excluding carboxylic acids is 1. The van der Waals surface area contributed by atoms with E-state index in [9.17, 15) is 4.79 Å². The average molecular weight is 406 g/mol. The summed E-state index contributed by atoms with van der Waals surface area (Å²) in [4.78, 5) is 12.8. The van der Waals surface area contributed by atoms with Crippen molar-refractivity contribution in [2.24, 2.45) is 5.92 Å². The van der Waals surface area contributed by atoms with Crippen molar-refractivity contribution in [3.8, 4) is 11.4 Å². The van der Waals surface area contributed by atoms with E-state index in [2.05, 4.69) is 27.8 Å². The summed E-state index contributed by atoms with van der Waals surface area (Å²) >= 11 is 0. The van der Waals surface area contributed by atoms with Gasteiger partial charge >= 0.3 is 6.09 Å². The molecule has 0 bridgehead atoms. The number of nitrogens with zero attached hydrogens (tertiary/aromatic N) is 4. The lowest BCUT2D eigenvalue weighted by molar-refractivity contribution is 0.150. The zero-order valence-corrected chi connectivity index (χ0v) is 17.6. The number of carbonyl (C=O) groups is 1. The Morgan fingerprint density at radius 3 is 2.40 bits per heavy atom. The van der Waals surface area contributed by atoms with Crippen molar-refractivity contribution in [1.29, 1.82) is 0 Å². The lowest BCUT2D eigenvalue weighted by atomic mass is 9.76. The monoisotopic (exact) mass is 405 g/mol. The van der Waals surface area contributed by atoms with Crippen molar-refractivity contribution in [2.45, 2.75) is 52.0 Å². The molecule has 0 aliphatic heterocycles. The first kappa shape index (κ1) is 20.1. The molecule has 4 rings (SSSR count). The topological polar surface area (TPSA) is 81.9 Å². The summed E-state index contributed by atoms with van der Waals surface area (Å²) in [5.74, 6) is 1.75. The molecule has 0 unspecified atom stereocenters. The van der Waals surface area contributed by atoms with E-state index in [4.69, 9.17) is 4.74 Å². The van der Waals surface area contributed by atoms with Gasteiger partial charge in [0.1, 0.15) is 11.3 Å². The van der Waals surface area contributed by atoms with E-state index in [-0.39, 0.29) is 0 Å². The summed E-state index contributed by atoms with van der Waals surface area (Å²) in [6.45, 7) is 6.32. The molecular formula is C23H27N5O2. The fraction of sp³-hybridized carbons (Fsp3) is 0.391. The van der Waals surface area contributed by atoms with Crippen LogP contribution in [-0.2, 0) is 5.54 Å². The van der Waals surface area contributed by atoms with Gasteiger partial charge in [-0.05, 0) is 79.1 Å². The van der Waals surface area contributed by atoms with Gasteiger partial charge in [-0.25, -0.2) is 4.79 Å². The zero-order valence-electron chi connectivity index (χ0n) is 17.6. The third-order valence-electron chi connectivity index (χ3n) is 5.97. The van der Waals surface area contributed by atoms with Crippen LogP contribution in [-0.4, -0.2) is 26.3 Å². The van der Waals surface area contributed by atoms with E-state index in [1.807, 2.05) is 50.2 Å². The van der Waals surface area contributed by atoms with Crippen molar-refractivity contribution in [1.82, 2.24) is 25.5 Å². The summed E-state index contributed by atoms with van der Waals surface area (Å²) in [5, 5.41) is 15.8. The summed E-state index contributed by atoms with van der Waals surface area (Å²) < 4.78 is 7.31. The Labute approximate surface area is 176 Å². The molecule has 7 nitrogen and oxygen atoms in total. The molecule has 1 aromatic heterocycles. The SMILES string of the molecule is Cc1cccc(C)c1-n1nnnc1C1(NC(=O)Oc2ccccc2)CCC(C)CC1. The zero-order chi connectivity index (χ0) is 21.1. The molecule has 1 aliphatic rings. The van der Waals surface area contributed by atoms with Crippen LogP contribution in [0.2, 0.25) is 0 Å². The van der Waals surface area contributed by atoms with Crippen LogP contribution in [0, 0.1) is 19.8 Å². The first-order valence-electron chi connectivity index (χ1n) is 10.4. The van der Waals surface area contributed by atoms with E-state index >= 15 is 0 Å². The molecule has 1 aliphatic carbocycles. The summed E-state index contributed by atoms with van der Waals surface area (Å²) in [6.07, 6.45) is 2.97. The number of para-hydroxylation sites is 2. The van der Waals surface area contributed by atoms with Crippen LogP contribution in [0.5, 0.6) is 5.75 Å². The lowest BCUT2D eigenvalue weighted by Gasteiger charge is -2.38. The van der Waals surface area contributed by atoms with Crippen LogP contribution in [0.25, 0.3) is 5.69 Å². The molecule has 1 fully saturated rings. The minimum atomic E-state index is -0.684. The standard InChI is InChI=1S/C23H27N5O2/c1-16-12-14-23(15-13-16,24-22(29)30-19-10-5-4-6-11-19)21-25-26-27-28(21)20-17(2)8-7-9-18(20)3/h4-11,16H,12-15H2,1-3H3,(H,24,29). The number of amides is 1. The third-order valence-corrected chi connectivity index (χ3v) is 5.97.